The van der Waals surface area contributed by atoms with Crippen molar-refractivity contribution in [2.24, 2.45) is 0 Å². The Bertz CT molecular complexity index is 909. The van der Waals surface area contributed by atoms with Crippen LogP contribution in [0.1, 0.15) is 19.6 Å². The summed E-state index contributed by atoms with van der Waals surface area (Å²) in [6, 6.07) is 7.58. The second-order valence-electron chi connectivity index (χ2n) is 6.68. The number of nitrogens with one attached hydrogen (secondary N) is 2. The fourth-order valence-electron chi connectivity index (χ4n) is 2.77. The molecule has 0 bridgehead atoms. The molecule has 0 atom stereocenters. The first-order chi connectivity index (χ1) is 11.9. The van der Waals surface area contributed by atoms with Gasteiger partial charge in [-0.05, 0) is 45.0 Å². The summed E-state index contributed by atoms with van der Waals surface area (Å²) < 4.78 is 10.7. The van der Waals surface area contributed by atoms with Crippen molar-refractivity contribution in [3.63, 3.8) is 0 Å². The molecule has 25 heavy (non-hydrogen) atoms. The number of furan rings is 1. The van der Waals surface area contributed by atoms with Gasteiger partial charge < -0.3 is 19.5 Å². The first-order valence-electron chi connectivity index (χ1n) is 7.95. The molecule has 0 unspecified atom stereocenters. The molecule has 0 amide bonds. The predicted octanol–water partition coefficient (Wildman–Crippen LogP) is 2.73. The zero-order chi connectivity index (χ0) is 17.6. The predicted molar refractivity (Wildman–Crippen MR) is 92.6 cm³/mol. The van der Waals surface area contributed by atoms with Crippen LogP contribution in [0.25, 0.3) is 22.8 Å². The molecule has 2 aromatic heterocycles. The Morgan fingerprint density at radius 3 is 2.84 bits per heavy atom. The van der Waals surface area contributed by atoms with Crippen LogP contribution >= 0.6 is 0 Å². The minimum absolute atomic E-state index is 0.432. The van der Waals surface area contributed by atoms with Gasteiger partial charge in [0.05, 0.1) is 35.3 Å². The minimum atomic E-state index is -0.821. The maximum Gasteiger partial charge on any atom is 0.258 e. The van der Waals surface area contributed by atoms with E-state index in [2.05, 4.69) is 21.1 Å². The van der Waals surface area contributed by atoms with Crippen LogP contribution in [0, 0.1) is 6.92 Å². The molecule has 0 saturated carbocycles. The number of anilines is 2. The minimum Gasteiger partial charge on any atom is -0.469 e. The van der Waals surface area contributed by atoms with Gasteiger partial charge in [0.25, 0.3) is 5.89 Å². The molecule has 0 aliphatic carbocycles. The number of hydrogen-bond donors (Lipinski definition) is 3. The van der Waals surface area contributed by atoms with E-state index in [-0.39, 0.29) is 0 Å². The maximum atomic E-state index is 10.0. The van der Waals surface area contributed by atoms with Crippen molar-refractivity contribution in [2.75, 3.05) is 17.0 Å². The van der Waals surface area contributed by atoms with Crippen molar-refractivity contribution in [3.05, 3.63) is 36.3 Å². The van der Waals surface area contributed by atoms with Crippen LogP contribution in [0.3, 0.4) is 0 Å². The summed E-state index contributed by atoms with van der Waals surface area (Å²) in [5.41, 5.74) is 8.74. The number of hydrazine groups is 2. The molecular formula is C17H19N5O3. The van der Waals surface area contributed by atoms with Crippen LogP contribution in [-0.2, 0) is 0 Å². The van der Waals surface area contributed by atoms with E-state index < -0.39 is 5.60 Å². The Balaban J connectivity index is 1.61. The molecule has 1 aliphatic heterocycles. The Hall–Kier alpha value is -2.84. The van der Waals surface area contributed by atoms with Crippen molar-refractivity contribution in [1.29, 1.82) is 0 Å². The first-order valence-corrected chi connectivity index (χ1v) is 7.95. The number of hydrogen-bond acceptors (Lipinski definition) is 8. The van der Waals surface area contributed by atoms with Gasteiger partial charge in [0.15, 0.2) is 0 Å². The first kappa shape index (κ1) is 15.7. The monoisotopic (exact) mass is 341 g/mol. The summed E-state index contributed by atoms with van der Waals surface area (Å²) in [6.07, 6.45) is 1.60. The zero-order valence-electron chi connectivity index (χ0n) is 14.2. The average molecular weight is 341 g/mol. The molecule has 0 radical (unpaired) electrons. The summed E-state index contributed by atoms with van der Waals surface area (Å²) >= 11 is 0. The van der Waals surface area contributed by atoms with Crippen LogP contribution in [0.5, 0.6) is 0 Å². The molecule has 4 rings (SSSR count). The Morgan fingerprint density at radius 2 is 2.12 bits per heavy atom. The van der Waals surface area contributed by atoms with E-state index in [9.17, 15) is 5.11 Å². The third kappa shape index (κ3) is 2.97. The standard InChI is InChI=1S/C17H19N5O3/c1-10-12(6-7-24-10)15-18-16(25-20-15)11-4-5-14-13(8-11)19-21-22(14)9-17(2,3)23/h4-8,19,21,23H,9H2,1-3H3. The van der Waals surface area contributed by atoms with Crippen molar-refractivity contribution in [3.8, 4) is 22.8 Å². The second-order valence-corrected chi connectivity index (χ2v) is 6.68. The third-order valence-corrected chi connectivity index (χ3v) is 3.93. The molecule has 8 heteroatoms. The fourth-order valence-corrected chi connectivity index (χ4v) is 2.77. The maximum absolute atomic E-state index is 10.0. The van der Waals surface area contributed by atoms with Crippen molar-refractivity contribution >= 4 is 11.4 Å². The van der Waals surface area contributed by atoms with E-state index in [4.69, 9.17) is 8.94 Å². The molecule has 8 nitrogen and oxygen atoms in total. The molecule has 0 fully saturated rings. The van der Waals surface area contributed by atoms with E-state index in [0.717, 1.165) is 28.3 Å². The molecule has 0 saturated heterocycles. The number of aliphatic hydroxyl groups is 1. The van der Waals surface area contributed by atoms with Crippen LogP contribution in [-0.4, -0.2) is 27.4 Å². The van der Waals surface area contributed by atoms with Gasteiger partial charge >= 0.3 is 0 Å². The van der Waals surface area contributed by atoms with Gasteiger partial charge in [0.2, 0.25) is 5.82 Å². The topological polar surface area (TPSA) is 99.6 Å². The number of benzene rings is 1. The second kappa shape index (κ2) is 5.61. The summed E-state index contributed by atoms with van der Waals surface area (Å²) in [4.78, 5) is 4.45. The summed E-state index contributed by atoms with van der Waals surface area (Å²) in [5.74, 6) is 1.67. The van der Waals surface area contributed by atoms with E-state index in [0.29, 0.717) is 18.3 Å². The van der Waals surface area contributed by atoms with E-state index in [1.807, 2.05) is 36.2 Å². The smallest absolute Gasteiger partial charge is 0.258 e. The number of fused-ring (bicyclic) bond motifs is 1. The molecule has 3 heterocycles. The molecule has 3 N–H and O–H groups in total. The third-order valence-electron chi connectivity index (χ3n) is 3.93. The van der Waals surface area contributed by atoms with Gasteiger partial charge in [-0.15, -0.1) is 5.53 Å². The van der Waals surface area contributed by atoms with Crippen LogP contribution in [0.15, 0.2) is 39.5 Å². The highest BCUT2D eigenvalue weighted by Crippen LogP contribution is 2.34. The van der Waals surface area contributed by atoms with Crippen LogP contribution in [0.2, 0.25) is 0 Å². The number of aromatic nitrogens is 2. The quantitative estimate of drug-likeness (QED) is 0.666. The van der Waals surface area contributed by atoms with Gasteiger partial charge in [-0.2, -0.15) is 4.98 Å². The largest absolute Gasteiger partial charge is 0.469 e. The van der Waals surface area contributed by atoms with Gasteiger partial charge in [0.1, 0.15) is 5.76 Å². The molecule has 1 aliphatic rings. The molecule has 0 spiro atoms. The van der Waals surface area contributed by atoms with E-state index in [1.54, 1.807) is 20.1 Å². The van der Waals surface area contributed by atoms with Gasteiger partial charge in [-0.25, -0.2) is 0 Å². The Morgan fingerprint density at radius 1 is 1.28 bits per heavy atom. The van der Waals surface area contributed by atoms with Crippen molar-refractivity contribution in [2.45, 2.75) is 26.4 Å². The Labute approximate surface area is 144 Å². The molecule has 1 aromatic carbocycles. The van der Waals surface area contributed by atoms with E-state index in [1.165, 1.54) is 0 Å². The number of β-amino-alcohol motifs (C(OH)–C–C–N with tert-alkyl or cyclic N) is 1. The number of aryl methyl sites for hydroxylation is 1. The number of rotatable bonds is 4. The average Bonchev–Trinajstić information content (AvgIpc) is 3.25. The molecule has 130 valence electrons. The van der Waals surface area contributed by atoms with Gasteiger partial charge in [-0.3, -0.25) is 5.01 Å². The summed E-state index contributed by atoms with van der Waals surface area (Å²) in [7, 11) is 0. The van der Waals surface area contributed by atoms with Gasteiger partial charge in [0, 0.05) is 5.56 Å². The highest BCUT2D eigenvalue weighted by Gasteiger charge is 2.25. The lowest BCUT2D eigenvalue weighted by Gasteiger charge is -2.26. The highest BCUT2D eigenvalue weighted by atomic mass is 16.5. The lowest BCUT2D eigenvalue weighted by Crippen LogP contribution is -2.45. The van der Waals surface area contributed by atoms with E-state index >= 15 is 0 Å². The normalized spacial score (nSPS) is 13.8. The lowest BCUT2D eigenvalue weighted by atomic mass is 10.1. The SMILES string of the molecule is Cc1occc1-c1noc(-c2ccc3c(c2)NNN3CC(C)(C)O)n1. The fraction of sp³-hybridized carbons (Fsp3) is 0.294. The lowest BCUT2D eigenvalue weighted by molar-refractivity contribution is 0.0858. The highest BCUT2D eigenvalue weighted by molar-refractivity contribution is 5.78. The van der Waals surface area contributed by atoms with Crippen LogP contribution < -0.4 is 16.0 Å². The summed E-state index contributed by atoms with van der Waals surface area (Å²) in [6.45, 7) is 5.82. The zero-order valence-corrected chi connectivity index (χ0v) is 14.2. The molecular weight excluding hydrogens is 322 g/mol. The van der Waals surface area contributed by atoms with Crippen molar-refractivity contribution in [1.82, 2.24) is 15.7 Å². The van der Waals surface area contributed by atoms with Gasteiger partial charge in [-0.1, -0.05) is 5.16 Å². The summed E-state index contributed by atoms with van der Waals surface area (Å²) in [5, 5.41) is 15.9. The van der Waals surface area contributed by atoms with Crippen molar-refractivity contribution < 1.29 is 14.0 Å². The number of nitrogens with zero attached hydrogens (tertiary/aromatic N) is 3. The van der Waals surface area contributed by atoms with Crippen LogP contribution in [0.4, 0.5) is 11.4 Å². The Kier molecular flexibility index (Phi) is 3.52. The molecule has 3 aromatic rings.